The van der Waals surface area contributed by atoms with Crippen LogP contribution in [0.4, 0.5) is 13.6 Å². The maximum atomic E-state index is 14.2. The molecule has 1 saturated heterocycles. The number of aromatic nitrogens is 1. The lowest BCUT2D eigenvalue weighted by Crippen LogP contribution is -2.27. The summed E-state index contributed by atoms with van der Waals surface area (Å²) in [4.78, 5) is 26.9. The minimum absolute atomic E-state index is 0.0807. The van der Waals surface area contributed by atoms with E-state index in [1.165, 1.54) is 18.2 Å². The van der Waals surface area contributed by atoms with Crippen LogP contribution in [-0.4, -0.2) is 20.6 Å². The van der Waals surface area contributed by atoms with Gasteiger partial charge in [-0.25, -0.2) is 8.78 Å². The second-order valence-corrected chi connectivity index (χ2v) is 8.71. The van der Waals surface area contributed by atoms with Gasteiger partial charge in [-0.15, -0.1) is 0 Å². The molecule has 1 aliphatic rings. The van der Waals surface area contributed by atoms with E-state index in [1.54, 1.807) is 36.4 Å². The zero-order chi connectivity index (χ0) is 22.9. The zero-order valence-electron chi connectivity index (χ0n) is 17.4. The number of carbonyl (C=O) groups excluding carboxylic acids is 2. The molecule has 2 heterocycles. The summed E-state index contributed by atoms with van der Waals surface area (Å²) in [5.41, 5.74) is 2.90. The van der Waals surface area contributed by atoms with Crippen molar-refractivity contribution in [2.24, 2.45) is 0 Å². The smallest absolute Gasteiger partial charge is 0.293 e. The van der Waals surface area contributed by atoms with Crippen molar-refractivity contribution in [2.75, 3.05) is 0 Å². The summed E-state index contributed by atoms with van der Waals surface area (Å²) in [6, 6.07) is 20.0. The van der Waals surface area contributed by atoms with Crippen molar-refractivity contribution < 1.29 is 18.4 Å². The molecule has 3 aromatic carbocycles. The molecule has 0 aliphatic carbocycles. The van der Waals surface area contributed by atoms with Gasteiger partial charge in [0.05, 0.1) is 18.0 Å². The molecule has 164 valence electrons. The lowest BCUT2D eigenvalue weighted by atomic mass is 10.1. The van der Waals surface area contributed by atoms with Crippen molar-refractivity contribution >= 4 is 39.9 Å². The summed E-state index contributed by atoms with van der Waals surface area (Å²) in [5.74, 6) is -1.04. The van der Waals surface area contributed by atoms with Gasteiger partial charge in [0, 0.05) is 28.2 Å². The summed E-state index contributed by atoms with van der Waals surface area (Å²) in [5, 5.41) is 0.532. The van der Waals surface area contributed by atoms with Crippen LogP contribution in [0.1, 0.15) is 16.7 Å². The first-order valence-corrected chi connectivity index (χ1v) is 11.1. The molecule has 0 unspecified atom stereocenters. The number of benzene rings is 3. The Balaban J connectivity index is 1.46. The molecule has 0 bridgehead atoms. The van der Waals surface area contributed by atoms with Gasteiger partial charge in [-0.1, -0.05) is 48.5 Å². The number of rotatable bonds is 5. The molecule has 7 heteroatoms. The van der Waals surface area contributed by atoms with Crippen LogP contribution < -0.4 is 0 Å². The number of carbonyl (C=O) groups is 2. The predicted octanol–water partition coefficient (Wildman–Crippen LogP) is 6.20. The van der Waals surface area contributed by atoms with Crippen LogP contribution in [0.5, 0.6) is 0 Å². The molecule has 5 rings (SSSR count). The number of nitrogens with zero attached hydrogens (tertiary/aromatic N) is 2. The molecular formula is C26H18F2N2O2S. The maximum Gasteiger partial charge on any atom is 0.293 e. The Hall–Kier alpha value is -3.71. The number of hydrogen-bond donors (Lipinski definition) is 0. The topological polar surface area (TPSA) is 42.3 Å². The molecule has 1 aromatic heterocycles. The van der Waals surface area contributed by atoms with Gasteiger partial charge >= 0.3 is 0 Å². The quantitative estimate of drug-likeness (QED) is 0.333. The predicted molar refractivity (Wildman–Crippen MR) is 125 cm³/mol. The Bertz CT molecular complexity index is 1410. The number of fused-ring (bicyclic) bond motifs is 1. The molecule has 1 fully saturated rings. The van der Waals surface area contributed by atoms with E-state index in [0.717, 1.165) is 33.1 Å². The third-order valence-corrected chi connectivity index (χ3v) is 6.44. The van der Waals surface area contributed by atoms with Crippen molar-refractivity contribution in [2.45, 2.75) is 13.1 Å². The monoisotopic (exact) mass is 460 g/mol. The fraction of sp³-hybridized carbons (Fsp3) is 0.0769. The van der Waals surface area contributed by atoms with E-state index in [0.29, 0.717) is 22.6 Å². The molecule has 2 amide bonds. The second-order valence-electron chi connectivity index (χ2n) is 7.72. The highest BCUT2D eigenvalue weighted by Gasteiger charge is 2.35. The van der Waals surface area contributed by atoms with E-state index in [1.807, 2.05) is 35.0 Å². The number of imide groups is 1. The molecule has 0 radical (unpaired) electrons. The third kappa shape index (κ3) is 4.19. The number of thioether (sulfide) groups is 1. The van der Waals surface area contributed by atoms with Gasteiger partial charge in [0.2, 0.25) is 0 Å². The molecule has 0 atom stereocenters. The first-order chi connectivity index (χ1) is 16.0. The highest BCUT2D eigenvalue weighted by molar-refractivity contribution is 8.18. The van der Waals surface area contributed by atoms with Gasteiger partial charge in [0.25, 0.3) is 11.1 Å². The Morgan fingerprint density at radius 1 is 0.848 bits per heavy atom. The normalized spacial score (nSPS) is 15.2. The molecule has 1 aliphatic heterocycles. The van der Waals surface area contributed by atoms with E-state index < -0.39 is 0 Å². The minimum Gasteiger partial charge on any atom is -0.342 e. The van der Waals surface area contributed by atoms with E-state index in [-0.39, 0.29) is 29.3 Å². The number of hydrogen-bond acceptors (Lipinski definition) is 3. The third-order valence-electron chi connectivity index (χ3n) is 5.53. The van der Waals surface area contributed by atoms with Crippen LogP contribution >= 0.6 is 11.8 Å². The van der Waals surface area contributed by atoms with Crippen LogP contribution in [0.15, 0.2) is 83.9 Å². The van der Waals surface area contributed by atoms with Gasteiger partial charge in [-0.3, -0.25) is 14.5 Å². The average molecular weight is 461 g/mol. The molecule has 0 saturated carbocycles. The van der Waals surface area contributed by atoms with E-state index in [2.05, 4.69) is 0 Å². The van der Waals surface area contributed by atoms with Gasteiger partial charge < -0.3 is 4.57 Å². The van der Waals surface area contributed by atoms with Crippen molar-refractivity contribution in [3.8, 4) is 0 Å². The van der Waals surface area contributed by atoms with Crippen LogP contribution in [0.3, 0.4) is 0 Å². The Labute approximate surface area is 193 Å². The van der Waals surface area contributed by atoms with Crippen LogP contribution in [0.2, 0.25) is 0 Å². The number of amides is 2. The summed E-state index contributed by atoms with van der Waals surface area (Å²) in [6.07, 6.45) is 3.57. The summed E-state index contributed by atoms with van der Waals surface area (Å²) in [7, 11) is 0. The average Bonchev–Trinajstić information content (AvgIpc) is 3.29. The van der Waals surface area contributed by atoms with E-state index in [9.17, 15) is 18.4 Å². The standard InChI is InChI=1S/C26H18F2N2O2S/c27-20-11-9-17(10-12-20)14-30-25(31)24(33-26(30)32)13-19-16-29(23-8-4-2-6-21(19)23)15-18-5-1-3-7-22(18)28/h1-13,16H,14-15H2/b24-13-. The van der Waals surface area contributed by atoms with E-state index in [4.69, 9.17) is 0 Å². The van der Waals surface area contributed by atoms with Crippen LogP contribution in [0, 0.1) is 11.6 Å². The molecule has 4 nitrogen and oxygen atoms in total. The summed E-state index contributed by atoms with van der Waals surface area (Å²) >= 11 is 0.878. The highest BCUT2D eigenvalue weighted by atomic mass is 32.2. The largest absolute Gasteiger partial charge is 0.342 e. The molecule has 0 spiro atoms. The Kier molecular flexibility index (Phi) is 5.56. The fourth-order valence-electron chi connectivity index (χ4n) is 3.88. The second kappa shape index (κ2) is 8.67. The fourth-order valence-corrected chi connectivity index (χ4v) is 4.71. The van der Waals surface area contributed by atoms with Crippen molar-refractivity contribution in [1.29, 1.82) is 0 Å². The van der Waals surface area contributed by atoms with Gasteiger partial charge in [0.15, 0.2) is 0 Å². The van der Waals surface area contributed by atoms with Gasteiger partial charge in [-0.2, -0.15) is 0 Å². The summed E-state index contributed by atoms with van der Waals surface area (Å²) in [6.45, 7) is 0.421. The van der Waals surface area contributed by atoms with Gasteiger partial charge in [-0.05, 0) is 47.7 Å². The first kappa shape index (κ1) is 21.2. The number of halogens is 2. The number of para-hydroxylation sites is 1. The van der Waals surface area contributed by atoms with Crippen molar-refractivity contribution in [3.05, 3.63) is 112 Å². The van der Waals surface area contributed by atoms with E-state index >= 15 is 0 Å². The minimum atomic E-state index is -0.389. The lowest BCUT2D eigenvalue weighted by molar-refractivity contribution is -0.123. The van der Waals surface area contributed by atoms with Crippen molar-refractivity contribution in [1.82, 2.24) is 9.47 Å². The highest BCUT2D eigenvalue weighted by Crippen LogP contribution is 2.35. The molecule has 0 N–H and O–H groups in total. The van der Waals surface area contributed by atoms with Crippen LogP contribution in [0.25, 0.3) is 17.0 Å². The van der Waals surface area contributed by atoms with Crippen molar-refractivity contribution in [3.63, 3.8) is 0 Å². The lowest BCUT2D eigenvalue weighted by Gasteiger charge is -2.12. The Morgan fingerprint density at radius 2 is 1.58 bits per heavy atom. The molecule has 33 heavy (non-hydrogen) atoms. The molecular weight excluding hydrogens is 442 g/mol. The SMILES string of the molecule is O=C1S/C(=C\c2cn(Cc3ccccc3F)c3ccccc23)C(=O)N1Cc1ccc(F)cc1. The van der Waals surface area contributed by atoms with Gasteiger partial charge in [0.1, 0.15) is 11.6 Å². The summed E-state index contributed by atoms with van der Waals surface area (Å²) < 4.78 is 29.3. The zero-order valence-corrected chi connectivity index (χ0v) is 18.2. The van der Waals surface area contributed by atoms with Crippen LogP contribution in [-0.2, 0) is 17.9 Å². The first-order valence-electron chi connectivity index (χ1n) is 10.3. The maximum absolute atomic E-state index is 14.2. The Morgan fingerprint density at radius 3 is 2.36 bits per heavy atom. The molecule has 4 aromatic rings.